The number of non-ortho nitro benzene ring substituents is 1. The first-order chi connectivity index (χ1) is 16.3. The Morgan fingerprint density at radius 3 is 2.32 bits per heavy atom. The van der Waals surface area contributed by atoms with E-state index in [0.29, 0.717) is 23.2 Å². The van der Waals surface area contributed by atoms with Gasteiger partial charge in [0.25, 0.3) is 5.69 Å². The highest BCUT2D eigenvalue weighted by molar-refractivity contribution is 5.94. The normalized spacial score (nSPS) is 22.1. The quantitative estimate of drug-likeness (QED) is 0.367. The van der Waals surface area contributed by atoms with Gasteiger partial charge in [-0.15, -0.1) is 0 Å². The Bertz CT molecular complexity index is 1190. The number of nitriles is 1. The van der Waals surface area contributed by atoms with E-state index >= 15 is 0 Å². The first-order valence-electron chi connectivity index (χ1n) is 10.8. The number of carbonyl (C=O) groups is 2. The number of rotatable bonds is 7. The fourth-order valence-electron chi connectivity index (χ4n) is 5.02. The summed E-state index contributed by atoms with van der Waals surface area (Å²) >= 11 is 0. The van der Waals surface area contributed by atoms with Gasteiger partial charge < -0.3 is 14.7 Å². The summed E-state index contributed by atoms with van der Waals surface area (Å²) in [6, 6.07) is 15.3. The standard InChI is InChI=1S/C25H25N3O6/c1-4-19-20(23(29)30)21(16-10-7-6-8-11-16)25(15-26,24(31)34-3)22(27(19)5-2)17-12-9-13-18(14-17)28(32)33/h6-14,21-22H,4-5H2,1-3H3,(H,29,30). The lowest BCUT2D eigenvalue weighted by Crippen LogP contribution is -2.54. The number of hydrogen-bond donors (Lipinski definition) is 1. The Morgan fingerprint density at radius 1 is 1.18 bits per heavy atom. The second-order valence-corrected chi connectivity index (χ2v) is 7.88. The summed E-state index contributed by atoms with van der Waals surface area (Å²) in [5.74, 6) is -3.33. The molecule has 0 saturated carbocycles. The zero-order chi connectivity index (χ0) is 25.0. The minimum atomic E-state index is -2.03. The third-order valence-corrected chi connectivity index (χ3v) is 6.29. The van der Waals surface area contributed by atoms with Crippen molar-refractivity contribution in [3.05, 3.63) is 87.1 Å². The molecule has 2 aromatic rings. The van der Waals surface area contributed by atoms with Crippen molar-refractivity contribution in [2.75, 3.05) is 13.7 Å². The Labute approximate surface area is 197 Å². The lowest BCUT2D eigenvalue weighted by atomic mass is 9.60. The van der Waals surface area contributed by atoms with Crippen molar-refractivity contribution in [2.24, 2.45) is 5.41 Å². The third-order valence-electron chi connectivity index (χ3n) is 6.29. The molecule has 3 rings (SSSR count). The van der Waals surface area contributed by atoms with Gasteiger partial charge in [0.05, 0.1) is 29.7 Å². The third kappa shape index (κ3) is 3.77. The zero-order valence-electron chi connectivity index (χ0n) is 19.1. The number of methoxy groups -OCH3 is 1. The molecular weight excluding hydrogens is 438 g/mol. The van der Waals surface area contributed by atoms with E-state index in [1.165, 1.54) is 18.2 Å². The first kappa shape index (κ1) is 24.5. The number of nitro benzene ring substituents is 1. The van der Waals surface area contributed by atoms with Crippen molar-refractivity contribution in [3.8, 4) is 6.07 Å². The molecule has 1 aliphatic heterocycles. The van der Waals surface area contributed by atoms with Crippen LogP contribution in [-0.4, -0.2) is 40.5 Å². The van der Waals surface area contributed by atoms with E-state index in [2.05, 4.69) is 6.07 Å². The smallest absolute Gasteiger partial charge is 0.334 e. The van der Waals surface area contributed by atoms with Crippen molar-refractivity contribution in [3.63, 3.8) is 0 Å². The molecule has 2 aromatic carbocycles. The zero-order valence-corrected chi connectivity index (χ0v) is 19.1. The average Bonchev–Trinajstić information content (AvgIpc) is 2.86. The molecule has 0 aromatic heterocycles. The Hall–Kier alpha value is -4.19. The summed E-state index contributed by atoms with van der Waals surface area (Å²) in [6.45, 7) is 3.84. The van der Waals surface area contributed by atoms with Gasteiger partial charge in [0.15, 0.2) is 5.41 Å². The molecule has 0 fully saturated rings. The lowest BCUT2D eigenvalue weighted by molar-refractivity contribution is -0.385. The van der Waals surface area contributed by atoms with Gasteiger partial charge in [0.1, 0.15) is 0 Å². The predicted octanol–water partition coefficient (Wildman–Crippen LogP) is 4.19. The van der Waals surface area contributed by atoms with Crippen LogP contribution in [0.25, 0.3) is 0 Å². The van der Waals surface area contributed by atoms with E-state index in [1.54, 1.807) is 55.1 Å². The minimum absolute atomic E-state index is 0.0656. The van der Waals surface area contributed by atoms with Crippen LogP contribution in [0.15, 0.2) is 65.9 Å². The van der Waals surface area contributed by atoms with E-state index in [-0.39, 0.29) is 17.8 Å². The number of carbonyl (C=O) groups excluding carboxylic acids is 1. The van der Waals surface area contributed by atoms with Crippen LogP contribution in [0.4, 0.5) is 5.69 Å². The molecule has 9 heteroatoms. The molecule has 3 atom stereocenters. The van der Waals surface area contributed by atoms with Gasteiger partial charge in [-0.05, 0) is 24.5 Å². The van der Waals surface area contributed by atoms with E-state index in [4.69, 9.17) is 4.74 Å². The van der Waals surface area contributed by atoms with Crippen LogP contribution in [0.1, 0.15) is 43.4 Å². The molecule has 34 heavy (non-hydrogen) atoms. The largest absolute Gasteiger partial charge is 0.478 e. The van der Waals surface area contributed by atoms with Crippen LogP contribution < -0.4 is 0 Å². The topological polar surface area (TPSA) is 134 Å². The number of allylic oxidation sites excluding steroid dienone is 1. The van der Waals surface area contributed by atoms with Gasteiger partial charge in [0, 0.05) is 30.3 Å². The first-order valence-corrected chi connectivity index (χ1v) is 10.8. The number of nitro groups is 1. The molecule has 1 heterocycles. The van der Waals surface area contributed by atoms with Crippen molar-refractivity contribution < 1.29 is 24.4 Å². The molecule has 1 aliphatic rings. The summed E-state index contributed by atoms with van der Waals surface area (Å²) in [7, 11) is 1.14. The molecule has 0 amide bonds. The fraction of sp³-hybridized carbons (Fsp3) is 0.320. The van der Waals surface area contributed by atoms with Gasteiger partial charge in [-0.1, -0.05) is 49.4 Å². The SMILES string of the molecule is CCC1=C(C(=O)O)C(c2ccccc2)C(C#N)(C(=O)OC)C(c2cccc([N+](=O)[O-])c2)N1CC. The molecule has 0 radical (unpaired) electrons. The number of carboxylic acids is 1. The van der Waals surface area contributed by atoms with Crippen LogP contribution in [0.2, 0.25) is 0 Å². The molecule has 1 N–H and O–H groups in total. The Balaban J connectivity index is 2.52. The molecule has 176 valence electrons. The lowest BCUT2D eigenvalue weighted by Gasteiger charge is -2.50. The molecular formula is C25H25N3O6. The summed E-state index contributed by atoms with van der Waals surface area (Å²) in [5.41, 5.74) is -1.04. The second kappa shape index (κ2) is 9.75. The van der Waals surface area contributed by atoms with Gasteiger partial charge in [-0.2, -0.15) is 5.26 Å². The van der Waals surface area contributed by atoms with Gasteiger partial charge >= 0.3 is 11.9 Å². The molecule has 0 saturated heterocycles. The summed E-state index contributed by atoms with van der Waals surface area (Å²) in [4.78, 5) is 38.8. The number of esters is 1. The summed E-state index contributed by atoms with van der Waals surface area (Å²) in [5, 5.41) is 32.4. The number of carboxylic acid groups (broad SMARTS) is 1. The fourth-order valence-corrected chi connectivity index (χ4v) is 5.02. The molecule has 0 bridgehead atoms. The number of nitrogens with zero attached hydrogens (tertiary/aromatic N) is 3. The van der Waals surface area contributed by atoms with E-state index < -0.39 is 34.2 Å². The average molecular weight is 463 g/mol. The monoisotopic (exact) mass is 463 g/mol. The van der Waals surface area contributed by atoms with Crippen LogP contribution in [0, 0.1) is 26.9 Å². The number of hydrogen-bond acceptors (Lipinski definition) is 7. The number of ether oxygens (including phenoxy) is 1. The number of aliphatic carboxylic acids is 1. The summed E-state index contributed by atoms with van der Waals surface area (Å²) < 4.78 is 5.12. The number of benzene rings is 2. The van der Waals surface area contributed by atoms with Gasteiger partial charge in [-0.25, -0.2) is 4.79 Å². The predicted molar refractivity (Wildman–Crippen MR) is 122 cm³/mol. The van der Waals surface area contributed by atoms with Crippen molar-refractivity contribution in [1.29, 1.82) is 5.26 Å². The Morgan fingerprint density at radius 2 is 1.82 bits per heavy atom. The second-order valence-electron chi connectivity index (χ2n) is 7.88. The van der Waals surface area contributed by atoms with Crippen LogP contribution in [0.5, 0.6) is 0 Å². The summed E-state index contributed by atoms with van der Waals surface area (Å²) in [6.07, 6.45) is 0.312. The highest BCUT2D eigenvalue weighted by Crippen LogP contribution is 2.58. The van der Waals surface area contributed by atoms with E-state index in [1.807, 2.05) is 0 Å². The minimum Gasteiger partial charge on any atom is -0.478 e. The van der Waals surface area contributed by atoms with Crippen LogP contribution >= 0.6 is 0 Å². The van der Waals surface area contributed by atoms with Gasteiger partial charge in [0.2, 0.25) is 0 Å². The van der Waals surface area contributed by atoms with Crippen molar-refractivity contribution >= 4 is 17.6 Å². The van der Waals surface area contributed by atoms with Gasteiger partial charge in [-0.3, -0.25) is 14.9 Å². The molecule has 3 unspecified atom stereocenters. The molecule has 0 spiro atoms. The maximum absolute atomic E-state index is 13.5. The van der Waals surface area contributed by atoms with Crippen molar-refractivity contribution in [2.45, 2.75) is 32.2 Å². The Kier molecular flexibility index (Phi) is 7.01. The maximum atomic E-state index is 13.5. The van der Waals surface area contributed by atoms with E-state index in [0.717, 1.165) is 7.11 Å². The van der Waals surface area contributed by atoms with Crippen LogP contribution in [-0.2, 0) is 14.3 Å². The van der Waals surface area contributed by atoms with E-state index in [9.17, 15) is 30.1 Å². The molecule has 9 nitrogen and oxygen atoms in total. The van der Waals surface area contributed by atoms with Crippen LogP contribution in [0.3, 0.4) is 0 Å². The highest BCUT2D eigenvalue weighted by atomic mass is 16.6. The highest BCUT2D eigenvalue weighted by Gasteiger charge is 2.62. The molecule has 0 aliphatic carbocycles. The maximum Gasteiger partial charge on any atom is 0.334 e. The van der Waals surface area contributed by atoms with Crippen molar-refractivity contribution in [1.82, 2.24) is 4.90 Å².